The molecule has 5 nitrogen and oxygen atoms in total. The second-order valence-electron chi connectivity index (χ2n) is 6.16. The number of hydrogen-bond acceptors (Lipinski definition) is 4. The summed E-state index contributed by atoms with van der Waals surface area (Å²) in [6.45, 7) is 0. The van der Waals surface area contributed by atoms with Crippen LogP contribution in [0.15, 0.2) is 65.4 Å². The van der Waals surface area contributed by atoms with Crippen LogP contribution < -0.4 is 5.48 Å². The van der Waals surface area contributed by atoms with Crippen molar-refractivity contribution < 1.29 is 10.0 Å². The second-order valence-corrected chi connectivity index (χ2v) is 6.94. The van der Waals surface area contributed by atoms with Gasteiger partial charge in [0.2, 0.25) is 0 Å². The Labute approximate surface area is 160 Å². The summed E-state index contributed by atoms with van der Waals surface area (Å²) in [5, 5.41) is 12.7. The number of rotatable bonds is 5. The lowest BCUT2D eigenvalue weighted by molar-refractivity contribution is -0.124. The molecule has 0 saturated carbocycles. The number of benzene rings is 2. The van der Waals surface area contributed by atoms with Gasteiger partial charge in [-0.1, -0.05) is 30.3 Å². The minimum atomic E-state index is -0.553. The molecule has 0 bridgehead atoms. The third-order valence-corrected chi connectivity index (χ3v) is 4.96. The van der Waals surface area contributed by atoms with Crippen molar-refractivity contribution in [2.45, 2.75) is 6.42 Å². The number of aromatic amines is 1. The highest BCUT2D eigenvalue weighted by Gasteiger charge is 2.06. The van der Waals surface area contributed by atoms with Gasteiger partial charge in [0.1, 0.15) is 5.82 Å². The second kappa shape index (κ2) is 7.57. The molecule has 6 heteroatoms. The summed E-state index contributed by atoms with van der Waals surface area (Å²) in [6, 6.07) is 16.2. The van der Waals surface area contributed by atoms with Crippen molar-refractivity contribution >= 4 is 34.4 Å². The lowest BCUT2D eigenvalue weighted by atomic mass is 10.1. The third kappa shape index (κ3) is 3.97. The molecule has 1 amide bonds. The molecule has 0 spiro atoms. The minimum Gasteiger partial charge on any atom is -0.342 e. The van der Waals surface area contributed by atoms with Crippen molar-refractivity contribution in [3.63, 3.8) is 0 Å². The monoisotopic (exact) mass is 375 g/mol. The zero-order valence-corrected chi connectivity index (χ0v) is 15.2. The maximum Gasteiger partial charge on any atom is 0.267 e. The van der Waals surface area contributed by atoms with Crippen LogP contribution in [0, 0.1) is 0 Å². The molecule has 0 radical (unpaired) electrons. The number of nitrogens with one attached hydrogen (secondary N) is 2. The number of aromatic nitrogens is 2. The van der Waals surface area contributed by atoms with E-state index in [4.69, 9.17) is 5.21 Å². The maximum atomic E-state index is 11.0. The van der Waals surface area contributed by atoms with Gasteiger partial charge < -0.3 is 4.98 Å². The molecule has 4 aromatic rings. The normalized spacial score (nSPS) is 11.3. The fourth-order valence-electron chi connectivity index (χ4n) is 2.90. The van der Waals surface area contributed by atoms with Crippen molar-refractivity contribution in [2.24, 2.45) is 0 Å². The molecule has 2 aromatic carbocycles. The summed E-state index contributed by atoms with van der Waals surface area (Å²) >= 11 is 1.69. The maximum absolute atomic E-state index is 11.0. The van der Waals surface area contributed by atoms with Crippen molar-refractivity contribution in [3.05, 3.63) is 82.3 Å². The van der Waals surface area contributed by atoms with E-state index in [1.807, 2.05) is 30.3 Å². The Kier molecular flexibility index (Phi) is 4.82. The third-order valence-electron chi connectivity index (χ3n) is 4.27. The van der Waals surface area contributed by atoms with Gasteiger partial charge in [0.05, 0.1) is 11.0 Å². The van der Waals surface area contributed by atoms with Crippen molar-refractivity contribution in [1.29, 1.82) is 0 Å². The molecule has 0 unspecified atom stereocenters. The lowest BCUT2D eigenvalue weighted by Gasteiger charge is -1.99. The molecule has 3 N–H and O–H groups in total. The first kappa shape index (κ1) is 17.2. The molecule has 27 heavy (non-hydrogen) atoms. The average Bonchev–Trinajstić information content (AvgIpc) is 3.36. The fourth-order valence-corrected chi connectivity index (χ4v) is 3.57. The first-order valence-corrected chi connectivity index (χ1v) is 9.38. The SMILES string of the molecule is O=C(/C=C/c1ccc(Cc2nc3ccc(-c4ccsc4)cc3[nH]2)cc1)NO. The van der Waals surface area contributed by atoms with Gasteiger partial charge in [-0.3, -0.25) is 10.0 Å². The summed E-state index contributed by atoms with van der Waals surface area (Å²) in [5.74, 6) is 0.360. The van der Waals surface area contributed by atoms with Gasteiger partial charge in [0.25, 0.3) is 5.91 Å². The van der Waals surface area contributed by atoms with Crippen LogP contribution in [0.4, 0.5) is 0 Å². The Morgan fingerprint density at radius 3 is 2.74 bits per heavy atom. The van der Waals surface area contributed by atoms with Crippen LogP contribution >= 0.6 is 11.3 Å². The minimum absolute atomic E-state index is 0.553. The summed E-state index contributed by atoms with van der Waals surface area (Å²) in [6.07, 6.45) is 3.62. The van der Waals surface area contributed by atoms with Crippen LogP contribution in [0.25, 0.3) is 28.2 Å². The highest BCUT2D eigenvalue weighted by Crippen LogP contribution is 2.25. The van der Waals surface area contributed by atoms with E-state index in [9.17, 15) is 4.79 Å². The van der Waals surface area contributed by atoms with E-state index >= 15 is 0 Å². The molecule has 4 rings (SSSR count). The molecule has 0 aliphatic heterocycles. The Bertz CT molecular complexity index is 1100. The first-order chi connectivity index (χ1) is 13.2. The molecule has 2 heterocycles. The number of amides is 1. The number of hydroxylamine groups is 1. The number of hydrogen-bond donors (Lipinski definition) is 3. The number of imidazole rings is 1. The van der Waals surface area contributed by atoms with Gasteiger partial charge in [-0.25, -0.2) is 10.5 Å². The van der Waals surface area contributed by atoms with Gasteiger partial charge in [-0.15, -0.1) is 0 Å². The Morgan fingerprint density at radius 2 is 2.00 bits per heavy atom. The molecular formula is C21H17N3O2S. The van der Waals surface area contributed by atoms with Gasteiger partial charge in [0.15, 0.2) is 0 Å². The Morgan fingerprint density at radius 1 is 1.15 bits per heavy atom. The van der Waals surface area contributed by atoms with Crippen LogP contribution in [0.5, 0.6) is 0 Å². The average molecular weight is 375 g/mol. The number of thiophene rings is 1. The van der Waals surface area contributed by atoms with Crippen molar-refractivity contribution in [2.75, 3.05) is 0 Å². The molecular weight excluding hydrogens is 358 g/mol. The summed E-state index contributed by atoms with van der Waals surface area (Å²) in [7, 11) is 0. The topological polar surface area (TPSA) is 78.0 Å². The standard InChI is InChI=1S/C21H17N3O2S/c25-21(24-26)8-5-14-1-3-15(4-2-14)11-20-22-18-7-6-16(12-19(18)23-20)17-9-10-27-13-17/h1-10,12-13,26H,11H2,(H,22,23)(H,24,25)/b8-5+. The van der Waals surface area contributed by atoms with Crippen molar-refractivity contribution in [1.82, 2.24) is 15.4 Å². The predicted molar refractivity (Wildman–Crippen MR) is 108 cm³/mol. The number of nitrogens with zero attached hydrogens (tertiary/aromatic N) is 1. The lowest BCUT2D eigenvalue weighted by Crippen LogP contribution is -2.14. The number of H-pyrrole nitrogens is 1. The molecule has 0 fully saturated rings. The smallest absolute Gasteiger partial charge is 0.267 e. The zero-order chi connectivity index (χ0) is 18.6. The number of carbonyl (C=O) groups excluding carboxylic acids is 1. The molecule has 0 aliphatic carbocycles. The van der Waals surface area contributed by atoms with Gasteiger partial charge in [-0.2, -0.15) is 11.3 Å². The van der Waals surface area contributed by atoms with E-state index in [-0.39, 0.29) is 0 Å². The molecule has 0 aliphatic rings. The highest BCUT2D eigenvalue weighted by molar-refractivity contribution is 7.08. The quantitative estimate of drug-likeness (QED) is 0.275. The van der Waals surface area contributed by atoms with Gasteiger partial charge >= 0.3 is 0 Å². The Hall–Kier alpha value is -3.22. The van der Waals surface area contributed by atoms with Crippen LogP contribution in [0.3, 0.4) is 0 Å². The molecule has 134 valence electrons. The summed E-state index contributed by atoms with van der Waals surface area (Å²) in [4.78, 5) is 19.1. The molecule has 0 atom stereocenters. The largest absolute Gasteiger partial charge is 0.342 e. The van der Waals surface area contributed by atoms with E-state index in [0.29, 0.717) is 6.42 Å². The van der Waals surface area contributed by atoms with Crippen LogP contribution in [0.2, 0.25) is 0 Å². The molecule has 0 saturated heterocycles. The highest BCUT2D eigenvalue weighted by atomic mass is 32.1. The molecule has 2 aromatic heterocycles. The van der Waals surface area contributed by atoms with Crippen LogP contribution in [-0.4, -0.2) is 21.1 Å². The fraction of sp³-hybridized carbons (Fsp3) is 0.0476. The van der Waals surface area contributed by atoms with Gasteiger partial charge in [-0.05, 0) is 57.3 Å². The van der Waals surface area contributed by atoms with E-state index in [2.05, 4.69) is 38.9 Å². The predicted octanol–water partition coefficient (Wildman–Crippen LogP) is 4.40. The Balaban J connectivity index is 1.51. The first-order valence-electron chi connectivity index (χ1n) is 8.43. The summed E-state index contributed by atoms with van der Waals surface area (Å²) < 4.78 is 0. The number of carbonyl (C=O) groups is 1. The zero-order valence-electron chi connectivity index (χ0n) is 14.3. The van der Waals surface area contributed by atoms with Gasteiger partial charge in [0, 0.05) is 12.5 Å². The van der Waals surface area contributed by atoms with Crippen molar-refractivity contribution in [3.8, 4) is 11.1 Å². The number of fused-ring (bicyclic) bond motifs is 1. The van der Waals surface area contributed by atoms with Crippen LogP contribution in [0.1, 0.15) is 17.0 Å². The van der Waals surface area contributed by atoms with E-state index in [1.54, 1.807) is 22.9 Å². The van der Waals surface area contributed by atoms with E-state index in [0.717, 1.165) is 28.0 Å². The van der Waals surface area contributed by atoms with E-state index in [1.165, 1.54) is 17.2 Å². The van der Waals surface area contributed by atoms with Crippen LogP contribution in [-0.2, 0) is 11.2 Å². The summed E-state index contributed by atoms with van der Waals surface area (Å²) in [5.41, 5.74) is 7.96. The van der Waals surface area contributed by atoms with E-state index < -0.39 is 5.91 Å².